The average Bonchev–Trinajstić information content (AvgIpc) is 3.45. The maximum atomic E-state index is 12.7. The standard InChI is InChI=1S/C20H25N3O2/c1-13(14-8-10-25-11-9-14)21-19-12-17(20(24)22-15-6-7-15)16-4-2-3-5-18(16)23-19/h2-5,12-15H,6-11H2,1H3,(H,21,23)(H,22,24). The second-order valence-electron chi connectivity index (χ2n) is 7.20. The summed E-state index contributed by atoms with van der Waals surface area (Å²) in [5.41, 5.74) is 1.56. The van der Waals surface area contributed by atoms with Crippen molar-refractivity contribution in [2.75, 3.05) is 18.5 Å². The van der Waals surface area contributed by atoms with Crippen LogP contribution in [0.25, 0.3) is 10.9 Å². The zero-order valence-corrected chi connectivity index (χ0v) is 14.6. The summed E-state index contributed by atoms with van der Waals surface area (Å²) >= 11 is 0. The second-order valence-corrected chi connectivity index (χ2v) is 7.20. The Kier molecular flexibility index (Phi) is 4.57. The highest BCUT2D eigenvalue weighted by Crippen LogP contribution is 2.26. The molecule has 5 nitrogen and oxygen atoms in total. The van der Waals surface area contributed by atoms with Gasteiger partial charge in [0.1, 0.15) is 5.82 Å². The van der Waals surface area contributed by atoms with Gasteiger partial charge in [0.2, 0.25) is 0 Å². The Balaban J connectivity index is 1.60. The zero-order chi connectivity index (χ0) is 17.2. The maximum absolute atomic E-state index is 12.7. The van der Waals surface area contributed by atoms with Gasteiger partial charge in [-0.1, -0.05) is 18.2 Å². The van der Waals surface area contributed by atoms with E-state index in [1.54, 1.807) is 0 Å². The van der Waals surface area contributed by atoms with Crippen molar-refractivity contribution in [1.29, 1.82) is 0 Å². The fourth-order valence-electron chi connectivity index (χ4n) is 3.49. The van der Waals surface area contributed by atoms with Crippen molar-refractivity contribution in [2.45, 2.75) is 44.7 Å². The van der Waals surface area contributed by atoms with Crippen LogP contribution < -0.4 is 10.6 Å². The van der Waals surface area contributed by atoms with Gasteiger partial charge in [-0.25, -0.2) is 4.98 Å². The Morgan fingerprint density at radius 1 is 1.20 bits per heavy atom. The van der Waals surface area contributed by atoms with Crippen LogP contribution in [0.1, 0.15) is 43.0 Å². The summed E-state index contributed by atoms with van der Waals surface area (Å²) in [5.74, 6) is 1.35. The van der Waals surface area contributed by atoms with Crippen LogP contribution in [0.15, 0.2) is 30.3 Å². The monoisotopic (exact) mass is 339 g/mol. The summed E-state index contributed by atoms with van der Waals surface area (Å²) < 4.78 is 5.45. The summed E-state index contributed by atoms with van der Waals surface area (Å²) in [6.07, 6.45) is 4.30. The Hall–Kier alpha value is -2.14. The summed E-state index contributed by atoms with van der Waals surface area (Å²) in [5, 5.41) is 7.52. The van der Waals surface area contributed by atoms with Gasteiger partial charge in [0.05, 0.1) is 11.1 Å². The smallest absolute Gasteiger partial charge is 0.252 e. The van der Waals surface area contributed by atoms with E-state index in [2.05, 4.69) is 17.6 Å². The molecular formula is C20H25N3O2. The van der Waals surface area contributed by atoms with E-state index >= 15 is 0 Å². The number of hydrogen-bond donors (Lipinski definition) is 2. The van der Waals surface area contributed by atoms with E-state index in [-0.39, 0.29) is 5.91 Å². The van der Waals surface area contributed by atoms with Crippen LogP contribution >= 0.6 is 0 Å². The van der Waals surface area contributed by atoms with E-state index < -0.39 is 0 Å². The first-order valence-corrected chi connectivity index (χ1v) is 9.25. The predicted octanol–water partition coefficient (Wildman–Crippen LogP) is 3.35. The molecular weight excluding hydrogens is 314 g/mol. The fraction of sp³-hybridized carbons (Fsp3) is 0.500. The van der Waals surface area contributed by atoms with Crippen LogP contribution in [0.3, 0.4) is 0 Å². The molecule has 1 saturated heterocycles. The number of para-hydroxylation sites is 1. The number of ether oxygens (including phenoxy) is 1. The van der Waals surface area contributed by atoms with E-state index in [1.165, 1.54) is 0 Å². The van der Waals surface area contributed by atoms with Gasteiger partial charge in [0.15, 0.2) is 0 Å². The Morgan fingerprint density at radius 2 is 1.96 bits per heavy atom. The third kappa shape index (κ3) is 3.76. The maximum Gasteiger partial charge on any atom is 0.252 e. The van der Waals surface area contributed by atoms with E-state index in [9.17, 15) is 4.79 Å². The summed E-state index contributed by atoms with van der Waals surface area (Å²) in [6, 6.07) is 10.4. The van der Waals surface area contributed by atoms with Crippen molar-refractivity contribution in [1.82, 2.24) is 10.3 Å². The van der Waals surface area contributed by atoms with E-state index in [0.717, 1.165) is 55.6 Å². The van der Waals surface area contributed by atoms with Gasteiger partial charge < -0.3 is 15.4 Å². The highest BCUT2D eigenvalue weighted by Gasteiger charge is 2.25. The van der Waals surface area contributed by atoms with Gasteiger partial charge in [-0.3, -0.25) is 4.79 Å². The molecule has 1 aliphatic carbocycles. The first-order chi connectivity index (χ1) is 12.2. The SMILES string of the molecule is CC(Nc1cc(C(=O)NC2CC2)c2ccccc2n1)C1CCOCC1. The quantitative estimate of drug-likeness (QED) is 0.877. The normalized spacial score (nSPS) is 19.6. The third-order valence-corrected chi connectivity index (χ3v) is 5.22. The number of rotatable bonds is 5. The van der Waals surface area contributed by atoms with Crippen LogP contribution in [0.4, 0.5) is 5.82 Å². The molecule has 0 spiro atoms. The van der Waals surface area contributed by atoms with E-state index in [0.29, 0.717) is 23.6 Å². The van der Waals surface area contributed by atoms with E-state index in [1.807, 2.05) is 30.3 Å². The number of carbonyl (C=O) groups excluding carboxylic acids is 1. The number of amides is 1. The molecule has 25 heavy (non-hydrogen) atoms. The lowest BCUT2D eigenvalue weighted by molar-refractivity contribution is 0.0622. The zero-order valence-electron chi connectivity index (χ0n) is 14.6. The van der Waals surface area contributed by atoms with Gasteiger partial charge >= 0.3 is 0 Å². The van der Waals surface area contributed by atoms with Gasteiger partial charge in [0.25, 0.3) is 5.91 Å². The molecule has 2 aromatic rings. The molecule has 1 unspecified atom stereocenters. The number of anilines is 1. The minimum absolute atomic E-state index is 0.00266. The minimum atomic E-state index is 0.00266. The van der Waals surface area contributed by atoms with Gasteiger partial charge in [-0.15, -0.1) is 0 Å². The fourth-order valence-corrected chi connectivity index (χ4v) is 3.49. The van der Waals surface area contributed by atoms with Crippen molar-refractivity contribution in [3.63, 3.8) is 0 Å². The molecule has 2 aliphatic rings. The largest absolute Gasteiger partial charge is 0.381 e. The minimum Gasteiger partial charge on any atom is -0.381 e. The molecule has 1 aromatic carbocycles. The topological polar surface area (TPSA) is 63.2 Å². The molecule has 1 atom stereocenters. The molecule has 1 aliphatic heterocycles. The highest BCUT2D eigenvalue weighted by atomic mass is 16.5. The lowest BCUT2D eigenvalue weighted by Crippen LogP contribution is -2.31. The summed E-state index contributed by atoms with van der Waals surface area (Å²) in [4.78, 5) is 17.4. The Morgan fingerprint density at radius 3 is 2.72 bits per heavy atom. The number of hydrogen-bond acceptors (Lipinski definition) is 4. The molecule has 132 valence electrons. The molecule has 0 bridgehead atoms. The molecule has 4 rings (SSSR count). The number of carbonyl (C=O) groups is 1. The molecule has 1 aromatic heterocycles. The van der Waals surface area contributed by atoms with Crippen molar-refractivity contribution in [2.24, 2.45) is 5.92 Å². The first-order valence-electron chi connectivity index (χ1n) is 9.25. The number of benzene rings is 1. The van der Waals surface area contributed by atoms with Crippen LogP contribution in [-0.2, 0) is 4.74 Å². The van der Waals surface area contributed by atoms with E-state index in [4.69, 9.17) is 9.72 Å². The number of aromatic nitrogens is 1. The lowest BCUT2D eigenvalue weighted by Gasteiger charge is -2.28. The number of nitrogens with one attached hydrogen (secondary N) is 2. The molecule has 0 radical (unpaired) electrons. The summed E-state index contributed by atoms with van der Waals surface area (Å²) in [6.45, 7) is 3.85. The van der Waals surface area contributed by atoms with Crippen molar-refractivity contribution in [3.8, 4) is 0 Å². The molecule has 2 fully saturated rings. The average molecular weight is 339 g/mol. The number of nitrogens with zero attached hydrogens (tertiary/aromatic N) is 1. The van der Waals surface area contributed by atoms with Crippen molar-refractivity contribution >= 4 is 22.6 Å². The van der Waals surface area contributed by atoms with Crippen LogP contribution in [0, 0.1) is 5.92 Å². The molecule has 5 heteroatoms. The number of pyridine rings is 1. The third-order valence-electron chi connectivity index (χ3n) is 5.22. The molecule has 1 amide bonds. The predicted molar refractivity (Wildman–Crippen MR) is 98.9 cm³/mol. The second kappa shape index (κ2) is 7.00. The Labute approximate surface area is 148 Å². The van der Waals surface area contributed by atoms with Gasteiger partial charge in [-0.2, -0.15) is 0 Å². The van der Waals surface area contributed by atoms with Crippen LogP contribution in [0.5, 0.6) is 0 Å². The lowest BCUT2D eigenvalue weighted by atomic mass is 9.93. The van der Waals surface area contributed by atoms with Gasteiger partial charge in [-0.05, 0) is 50.7 Å². The van der Waals surface area contributed by atoms with Crippen LogP contribution in [0.2, 0.25) is 0 Å². The molecule has 1 saturated carbocycles. The van der Waals surface area contributed by atoms with Crippen molar-refractivity contribution in [3.05, 3.63) is 35.9 Å². The first kappa shape index (κ1) is 16.3. The van der Waals surface area contributed by atoms with Gasteiger partial charge in [0, 0.05) is 30.7 Å². The summed E-state index contributed by atoms with van der Waals surface area (Å²) in [7, 11) is 0. The Bertz CT molecular complexity index is 767. The molecule has 2 heterocycles. The number of fused-ring (bicyclic) bond motifs is 1. The molecule has 2 N–H and O–H groups in total. The highest BCUT2D eigenvalue weighted by molar-refractivity contribution is 6.07. The van der Waals surface area contributed by atoms with Crippen LogP contribution in [-0.4, -0.2) is 36.2 Å². The van der Waals surface area contributed by atoms with Crippen molar-refractivity contribution < 1.29 is 9.53 Å².